The topological polar surface area (TPSA) is 79.0 Å². The average molecular weight is 421 g/mol. The number of likely N-dealkylation sites (tertiary alicyclic amines) is 1. The van der Waals surface area contributed by atoms with E-state index in [-0.39, 0.29) is 30.8 Å². The lowest BCUT2D eigenvalue weighted by atomic mass is 9.87. The van der Waals surface area contributed by atoms with Crippen molar-refractivity contribution in [3.05, 3.63) is 65.2 Å². The number of carbonyl (C=O) groups excluding carboxylic acids is 3. The minimum atomic E-state index is -0.908. The molecule has 2 heterocycles. The van der Waals surface area contributed by atoms with E-state index in [1.165, 1.54) is 4.90 Å². The molecule has 7 heteroatoms. The summed E-state index contributed by atoms with van der Waals surface area (Å²) >= 11 is 0. The normalized spacial score (nSPS) is 17.7. The van der Waals surface area contributed by atoms with Crippen molar-refractivity contribution < 1.29 is 19.1 Å². The molecule has 0 aromatic heterocycles. The van der Waals surface area contributed by atoms with Crippen LogP contribution >= 0.6 is 0 Å². The first-order valence-electron chi connectivity index (χ1n) is 10.5. The first-order valence-corrected chi connectivity index (χ1v) is 10.5. The van der Waals surface area contributed by atoms with Gasteiger partial charge in [-0.15, -0.1) is 0 Å². The van der Waals surface area contributed by atoms with Crippen molar-refractivity contribution in [2.75, 3.05) is 20.2 Å². The summed E-state index contributed by atoms with van der Waals surface area (Å²) in [5, 5.41) is 2.91. The van der Waals surface area contributed by atoms with Gasteiger partial charge in [-0.25, -0.2) is 4.79 Å². The second-order valence-corrected chi connectivity index (χ2v) is 8.30. The van der Waals surface area contributed by atoms with Gasteiger partial charge in [-0.05, 0) is 43.0 Å². The van der Waals surface area contributed by atoms with Gasteiger partial charge in [0.25, 0.3) is 5.91 Å². The van der Waals surface area contributed by atoms with Crippen molar-refractivity contribution >= 4 is 17.8 Å². The van der Waals surface area contributed by atoms with Gasteiger partial charge in [0.05, 0.1) is 20.1 Å². The van der Waals surface area contributed by atoms with Gasteiger partial charge in [0.1, 0.15) is 11.3 Å². The van der Waals surface area contributed by atoms with E-state index >= 15 is 0 Å². The summed E-state index contributed by atoms with van der Waals surface area (Å²) in [6, 6.07) is 14.9. The number of imide groups is 1. The molecule has 0 bridgehead atoms. The largest absolute Gasteiger partial charge is 0.497 e. The Bertz CT molecular complexity index is 994. The first-order chi connectivity index (χ1) is 14.9. The van der Waals surface area contributed by atoms with E-state index in [9.17, 15) is 14.4 Å². The van der Waals surface area contributed by atoms with Gasteiger partial charge < -0.3 is 15.0 Å². The van der Waals surface area contributed by atoms with Crippen LogP contribution in [-0.2, 0) is 22.6 Å². The molecule has 0 aliphatic carbocycles. The van der Waals surface area contributed by atoms with E-state index in [1.54, 1.807) is 12.0 Å². The molecule has 2 fully saturated rings. The number of urea groups is 1. The maximum Gasteiger partial charge on any atom is 0.325 e. The molecule has 7 nitrogen and oxygen atoms in total. The zero-order chi connectivity index (χ0) is 22.0. The molecular weight excluding hydrogens is 394 g/mol. The lowest BCUT2D eigenvalue weighted by molar-refractivity contribution is -0.138. The number of hydrogen-bond donors (Lipinski definition) is 1. The van der Waals surface area contributed by atoms with Crippen molar-refractivity contribution in [2.24, 2.45) is 0 Å². The van der Waals surface area contributed by atoms with Crippen LogP contribution in [0.2, 0.25) is 0 Å². The molecule has 0 unspecified atom stereocenters. The van der Waals surface area contributed by atoms with Crippen LogP contribution in [0.4, 0.5) is 4.79 Å². The quantitative estimate of drug-likeness (QED) is 0.753. The van der Waals surface area contributed by atoms with Crippen LogP contribution in [0.15, 0.2) is 48.5 Å². The van der Waals surface area contributed by atoms with E-state index in [4.69, 9.17) is 4.74 Å². The van der Waals surface area contributed by atoms with E-state index in [0.29, 0.717) is 25.9 Å². The van der Waals surface area contributed by atoms with E-state index in [0.717, 1.165) is 22.4 Å². The molecule has 2 aliphatic heterocycles. The Kier molecular flexibility index (Phi) is 5.67. The van der Waals surface area contributed by atoms with Crippen LogP contribution in [0, 0.1) is 6.92 Å². The number of nitrogens with one attached hydrogen (secondary N) is 1. The summed E-state index contributed by atoms with van der Waals surface area (Å²) in [4.78, 5) is 41.5. The maximum atomic E-state index is 13.1. The molecule has 2 aromatic rings. The second kappa shape index (κ2) is 8.41. The summed E-state index contributed by atoms with van der Waals surface area (Å²) in [5.41, 5.74) is 2.02. The Balaban J connectivity index is 1.37. The van der Waals surface area contributed by atoms with Crippen LogP contribution in [0.1, 0.15) is 29.5 Å². The van der Waals surface area contributed by atoms with Crippen LogP contribution < -0.4 is 10.1 Å². The van der Waals surface area contributed by atoms with Crippen molar-refractivity contribution in [3.8, 4) is 5.75 Å². The van der Waals surface area contributed by atoms with E-state index in [2.05, 4.69) is 5.32 Å². The van der Waals surface area contributed by atoms with Crippen LogP contribution in [-0.4, -0.2) is 53.4 Å². The number of carbonyl (C=O) groups is 3. The summed E-state index contributed by atoms with van der Waals surface area (Å²) in [7, 11) is 1.60. The predicted octanol–water partition coefficient (Wildman–Crippen LogP) is 2.66. The van der Waals surface area contributed by atoms with Crippen LogP contribution in [0.25, 0.3) is 0 Å². The lowest BCUT2D eigenvalue weighted by Gasteiger charge is -2.37. The van der Waals surface area contributed by atoms with Crippen molar-refractivity contribution in [1.29, 1.82) is 0 Å². The van der Waals surface area contributed by atoms with Gasteiger partial charge in [0, 0.05) is 13.1 Å². The number of amides is 4. The standard InChI is InChI=1S/C24H27N3O4/c1-17-6-8-18(9-7-17)16-27-22(29)24(25-23(27)30)10-12-26(13-11-24)21(28)15-19-4-3-5-20(14-19)31-2/h3-9,14H,10-13,15-16H2,1-2H3,(H,25,30). The highest BCUT2D eigenvalue weighted by Gasteiger charge is 2.52. The van der Waals surface area contributed by atoms with Gasteiger partial charge in [0.15, 0.2) is 0 Å². The molecular formula is C24H27N3O4. The number of hydrogen-bond acceptors (Lipinski definition) is 4. The smallest absolute Gasteiger partial charge is 0.325 e. The Hall–Kier alpha value is -3.35. The maximum absolute atomic E-state index is 13.1. The molecule has 2 saturated heterocycles. The molecule has 0 saturated carbocycles. The molecule has 2 aliphatic rings. The predicted molar refractivity (Wildman–Crippen MR) is 116 cm³/mol. The Morgan fingerprint density at radius 3 is 2.45 bits per heavy atom. The number of methoxy groups -OCH3 is 1. The first kappa shape index (κ1) is 20.9. The fourth-order valence-electron chi connectivity index (χ4n) is 4.24. The number of aryl methyl sites for hydroxylation is 1. The fourth-order valence-corrected chi connectivity index (χ4v) is 4.24. The SMILES string of the molecule is COc1cccc(CC(=O)N2CCC3(CC2)NC(=O)N(Cc2ccc(C)cc2)C3=O)c1. The van der Waals surface area contributed by atoms with Gasteiger partial charge in [-0.3, -0.25) is 14.5 Å². The number of ether oxygens (including phenoxy) is 1. The Morgan fingerprint density at radius 1 is 1.06 bits per heavy atom. The van der Waals surface area contributed by atoms with E-state index < -0.39 is 5.54 Å². The molecule has 4 rings (SSSR count). The molecule has 1 N–H and O–H groups in total. The minimum Gasteiger partial charge on any atom is -0.497 e. The zero-order valence-electron chi connectivity index (χ0n) is 17.9. The molecule has 4 amide bonds. The highest BCUT2D eigenvalue weighted by atomic mass is 16.5. The van der Waals surface area contributed by atoms with Gasteiger partial charge in [0.2, 0.25) is 5.91 Å². The van der Waals surface area contributed by atoms with Crippen molar-refractivity contribution in [1.82, 2.24) is 15.1 Å². The highest BCUT2D eigenvalue weighted by Crippen LogP contribution is 2.31. The Labute approximate surface area is 182 Å². The molecule has 1 spiro atoms. The van der Waals surface area contributed by atoms with Gasteiger partial charge in [-0.2, -0.15) is 0 Å². The summed E-state index contributed by atoms with van der Waals surface area (Å²) < 4.78 is 5.22. The minimum absolute atomic E-state index is 0.0105. The van der Waals surface area contributed by atoms with Crippen molar-refractivity contribution in [2.45, 2.75) is 38.3 Å². The van der Waals surface area contributed by atoms with E-state index in [1.807, 2.05) is 55.5 Å². The fraction of sp³-hybridized carbons (Fsp3) is 0.375. The molecule has 2 aromatic carbocycles. The number of rotatable bonds is 5. The third-order valence-electron chi connectivity index (χ3n) is 6.17. The van der Waals surface area contributed by atoms with Crippen LogP contribution in [0.3, 0.4) is 0 Å². The number of benzene rings is 2. The average Bonchev–Trinajstić information content (AvgIpc) is 2.99. The Morgan fingerprint density at radius 2 is 1.77 bits per heavy atom. The molecule has 0 atom stereocenters. The lowest BCUT2D eigenvalue weighted by Crippen LogP contribution is -2.56. The zero-order valence-corrected chi connectivity index (χ0v) is 17.9. The van der Waals surface area contributed by atoms with Crippen molar-refractivity contribution in [3.63, 3.8) is 0 Å². The second-order valence-electron chi connectivity index (χ2n) is 8.30. The molecule has 31 heavy (non-hydrogen) atoms. The van der Waals surface area contributed by atoms with Gasteiger partial charge in [-0.1, -0.05) is 42.0 Å². The highest BCUT2D eigenvalue weighted by molar-refractivity contribution is 6.07. The summed E-state index contributed by atoms with van der Waals surface area (Å²) in [6.45, 7) is 3.13. The number of piperidine rings is 1. The number of nitrogens with zero attached hydrogens (tertiary/aromatic N) is 2. The molecule has 162 valence electrons. The third kappa shape index (κ3) is 4.26. The van der Waals surface area contributed by atoms with Crippen LogP contribution in [0.5, 0.6) is 5.75 Å². The summed E-state index contributed by atoms with van der Waals surface area (Å²) in [6.07, 6.45) is 1.13. The third-order valence-corrected chi connectivity index (χ3v) is 6.17. The summed E-state index contributed by atoms with van der Waals surface area (Å²) in [5.74, 6) is 0.533. The molecule has 0 radical (unpaired) electrons. The van der Waals surface area contributed by atoms with Gasteiger partial charge >= 0.3 is 6.03 Å². The monoisotopic (exact) mass is 421 g/mol.